The van der Waals surface area contributed by atoms with Gasteiger partial charge in [-0.3, -0.25) is 4.90 Å². The summed E-state index contributed by atoms with van der Waals surface area (Å²) >= 11 is -1.16. The van der Waals surface area contributed by atoms with E-state index in [0.717, 1.165) is 31.5 Å². The largest absolute Gasteiger partial charge is 0.598 e. The number of fused-ring (bicyclic) bond motifs is 1. The Labute approximate surface area is 154 Å². The molecular weight excluding hydrogens is 334 g/mol. The van der Waals surface area contributed by atoms with E-state index in [1.54, 1.807) is 6.20 Å². The smallest absolute Gasteiger partial charge is 0.219 e. The van der Waals surface area contributed by atoms with Gasteiger partial charge in [0.05, 0.1) is 0 Å². The van der Waals surface area contributed by atoms with Gasteiger partial charge < -0.3 is 9.29 Å². The summed E-state index contributed by atoms with van der Waals surface area (Å²) in [6.45, 7) is 14.7. The summed E-state index contributed by atoms with van der Waals surface area (Å²) in [5.74, 6) is 0.690. The molecule has 2 aliphatic rings. The minimum Gasteiger partial charge on any atom is -0.598 e. The molecule has 0 saturated carbocycles. The van der Waals surface area contributed by atoms with E-state index in [-0.39, 0.29) is 21.9 Å². The molecule has 3 rings (SSSR count). The van der Waals surface area contributed by atoms with Crippen LogP contribution in [-0.2, 0) is 11.4 Å². The van der Waals surface area contributed by atoms with Crippen LogP contribution < -0.4 is 9.46 Å². The van der Waals surface area contributed by atoms with E-state index in [1.807, 2.05) is 32.9 Å². The van der Waals surface area contributed by atoms with Crippen molar-refractivity contribution in [1.29, 1.82) is 0 Å². The lowest BCUT2D eigenvalue weighted by Crippen LogP contribution is -2.57. The van der Waals surface area contributed by atoms with E-state index in [0.29, 0.717) is 5.88 Å². The number of aromatic nitrogens is 1. The summed E-state index contributed by atoms with van der Waals surface area (Å²) in [6, 6.07) is 3.89. The Bertz CT molecular complexity index is 616. The fourth-order valence-corrected chi connectivity index (χ4v) is 4.55. The molecule has 140 valence electrons. The fraction of sp³-hybridized carbons (Fsp3) is 0.737. The van der Waals surface area contributed by atoms with Crippen molar-refractivity contribution in [3.05, 3.63) is 23.9 Å². The van der Waals surface area contributed by atoms with Crippen LogP contribution in [0.4, 0.5) is 0 Å². The molecule has 3 heterocycles. The van der Waals surface area contributed by atoms with E-state index < -0.39 is 11.4 Å². The minimum atomic E-state index is -1.16. The van der Waals surface area contributed by atoms with Crippen LogP contribution in [0.15, 0.2) is 18.3 Å². The van der Waals surface area contributed by atoms with Crippen molar-refractivity contribution >= 4 is 11.4 Å². The first kappa shape index (κ1) is 19.0. The lowest BCUT2D eigenvalue weighted by Gasteiger charge is -2.46. The average Bonchev–Trinajstić information content (AvgIpc) is 2.79. The Morgan fingerprint density at radius 2 is 1.88 bits per heavy atom. The Balaban J connectivity index is 1.86. The van der Waals surface area contributed by atoms with Crippen molar-refractivity contribution < 1.29 is 9.29 Å². The summed E-state index contributed by atoms with van der Waals surface area (Å²) in [7, 11) is 0. The standard InChI is InChI=1S/C19H31N3O2S/c1-17(2,3)22-12-9-19(10-13-22)15(21-25(23)18(4,5)6)14-8-7-11-20-16(14)24-19/h7-8,11,15,21H,9-10,12-13H2,1-6H3/t15-,25-/m1/s1. The van der Waals surface area contributed by atoms with E-state index >= 15 is 0 Å². The predicted octanol–water partition coefficient (Wildman–Crippen LogP) is 3.20. The summed E-state index contributed by atoms with van der Waals surface area (Å²) in [6.07, 6.45) is 3.57. The second-order valence-electron chi connectivity index (χ2n) is 9.15. The van der Waals surface area contributed by atoms with Crippen LogP contribution in [0.25, 0.3) is 0 Å². The number of rotatable bonds is 2. The molecule has 25 heavy (non-hydrogen) atoms. The molecule has 1 aromatic heterocycles. The van der Waals surface area contributed by atoms with Gasteiger partial charge in [-0.1, -0.05) is 6.07 Å². The van der Waals surface area contributed by atoms with Crippen LogP contribution in [0.5, 0.6) is 5.88 Å². The lowest BCUT2D eigenvalue weighted by molar-refractivity contribution is -0.0285. The molecule has 0 unspecified atom stereocenters. The van der Waals surface area contributed by atoms with Crippen molar-refractivity contribution in [3.63, 3.8) is 0 Å². The quantitative estimate of drug-likeness (QED) is 0.816. The maximum atomic E-state index is 12.8. The number of pyridine rings is 1. The molecule has 0 amide bonds. The molecule has 0 bridgehead atoms. The first-order valence-corrected chi connectivity index (χ1v) is 10.2. The second kappa shape index (κ2) is 6.41. The van der Waals surface area contributed by atoms with Gasteiger partial charge in [0.1, 0.15) is 16.4 Å². The number of hydrogen-bond donors (Lipinski definition) is 1. The van der Waals surface area contributed by atoms with Gasteiger partial charge in [-0.25, -0.2) is 4.98 Å². The number of piperidine rings is 1. The van der Waals surface area contributed by atoms with Gasteiger partial charge in [-0.05, 0) is 47.6 Å². The van der Waals surface area contributed by atoms with Gasteiger partial charge in [0.2, 0.25) is 5.88 Å². The highest BCUT2D eigenvalue weighted by Gasteiger charge is 2.54. The van der Waals surface area contributed by atoms with E-state index in [1.165, 1.54) is 0 Å². The summed E-state index contributed by atoms with van der Waals surface area (Å²) in [5.41, 5.74) is 0.825. The zero-order valence-corrected chi connectivity index (χ0v) is 17.1. The van der Waals surface area contributed by atoms with Gasteiger partial charge in [0.25, 0.3) is 0 Å². The van der Waals surface area contributed by atoms with Gasteiger partial charge in [0.15, 0.2) is 0 Å². The molecule has 1 N–H and O–H groups in total. The molecule has 1 saturated heterocycles. The number of nitrogens with zero attached hydrogens (tertiary/aromatic N) is 2. The molecule has 2 aliphatic heterocycles. The third kappa shape index (κ3) is 3.68. The predicted molar refractivity (Wildman–Crippen MR) is 102 cm³/mol. The summed E-state index contributed by atoms with van der Waals surface area (Å²) in [4.78, 5) is 6.92. The molecular formula is C19H31N3O2S. The van der Waals surface area contributed by atoms with Gasteiger partial charge >= 0.3 is 0 Å². The lowest BCUT2D eigenvalue weighted by atomic mass is 9.82. The molecule has 1 spiro atoms. The van der Waals surface area contributed by atoms with Crippen LogP contribution in [0.3, 0.4) is 0 Å². The number of likely N-dealkylation sites (tertiary alicyclic amines) is 1. The first-order valence-electron chi connectivity index (χ1n) is 9.10. The highest BCUT2D eigenvalue weighted by atomic mass is 32.2. The number of ether oxygens (including phenoxy) is 1. The zero-order chi connectivity index (χ0) is 18.5. The third-order valence-electron chi connectivity index (χ3n) is 5.28. The van der Waals surface area contributed by atoms with Crippen molar-refractivity contribution in [1.82, 2.24) is 14.6 Å². The Kier molecular flexibility index (Phi) is 4.86. The highest BCUT2D eigenvalue weighted by molar-refractivity contribution is 7.90. The van der Waals surface area contributed by atoms with Crippen LogP contribution in [0, 0.1) is 0 Å². The van der Waals surface area contributed by atoms with Crippen molar-refractivity contribution in [3.8, 4) is 5.88 Å². The SMILES string of the molecule is CC(C)(C)N1CCC2(CC1)Oc1ncccc1[C@H]2N[S@+]([O-])C(C)(C)C. The first-order chi connectivity index (χ1) is 11.5. The van der Waals surface area contributed by atoms with Crippen LogP contribution in [0.1, 0.15) is 66.0 Å². The fourth-order valence-electron chi connectivity index (χ4n) is 3.64. The van der Waals surface area contributed by atoms with Crippen LogP contribution >= 0.6 is 0 Å². The molecule has 1 aromatic rings. The van der Waals surface area contributed by atoms with Gasteiger partial charge in [-0.15, -0.1) is 4.72 Å². The normalized spacial score (nSPS) is 24.8. The summed E-state index contributed by atoms with van der Waals surface area (Å²) in [5, 5.41) is 0. The molecule has 0 radical (unpaired) electrons. The maximum absolute atomic E-state index is 12.8. The summed E-state index contributed by atoms with van der Waals surface area (Å²) < 4.78 is 22.2. The van der Waals surface area contributed by atoms with E-state index in [4.69, 9.17) is 4.74 Å². The molecule has 2 atom stereocenters. The Morgan fingerprint density at radius 3 is 2.44 bits per heavy atom. The van der Waals surface area contributed by atoms with Crippen molar-refractivity contribution in [2.75, 3.05) is 13.1 Å². The van der Waals surface area contributed by atoms with Crippen LogP contribution in [-0.4, -0.2) is 43.4 Å². The second-order valence-corrected chi connectivity index (χ2v) is 11.2. The molecule has 5 nitrogen and oxygen atoms in total. The molecule has 0 aliphatic carbocycles. The number of nitrogens with one attached hydrogen (secondary N) is 1. The van der Waals surface area contributed by atoms with Gasteiger partial charge in [0, 0.05) is 54.6 Å². The average molecular weight is 366 g/mol. The molecule has 6 heteroatoms. The van der Waals surface area contributed by atoms with Gasteiger partial charge in [-0.2, -0.15) is 0 Å². The van der Waals surface area contributed by atoms with E-state index in [9.17, 15) is 4.55 Å². The van der Waals surface area contributed by atoms with Crippen molar-refractivity contribution in [2.45, 2.75) is 76.3 Å². The van der Waals surface area contributed by atoms with Crippen LogP contribution in [0.2, 0.25) is 0 Å². The number of hydrogen-bond acceptors (Lipinski definition) is 5. The zero-order valence-electron chi connectivity index (χ0n) is 16.3. The molecule has 1 fully saturated rings. The van der Waals surface area contributed by atoms with E-state index in [2.05, 4.69) is 35.4 Å². The molecule has 0 aromatic carbocycles. The minimum absolute atomic E-state index is 0.0848. The third-order valence-corrected chi connectivity index (χ3v) is 6.84. The maximum Gasteiger partial charge on any atom is 0.219 e. The Hall–Kier alpha value is -0.820. The highest BCUT2D eigenvalue weighted by Crippen LogP contribution is 2.48. The van der Waals surface area contributed by atoms with Crippen molar-refractivity contribution in [2.24, 2.45) is 0 Å². The topological polar surface area (TPSA) is 60.5 Å². The monoisotopic (exact) mass is 365 g/mol. The Morgan fingerprint density at radius 1 is 1.24 bits per heavy atom.